The summed E-state index contributed by atoms with van der Waals surface area (Å²) in [6.07, 6.45) is 5.83. The minimum atomic E-state index is 0.0444. The molecule has 1 heterocycles. The van der Waals surface area contributed by atoms with Gasteiger partial charge in [-0.2, -0.15) is 0 Å². The third-order valence-corrected chi connectivity index (χ3v) is 4.01. The number of nitrogens with one attached hydrogen (secondary N) is 1. The van der Waals surface area contributed by atoms with Crippen LogP contribution in [0.1, 0.15) is 32.1 Å². The van der Waals surface area contributed by atoms with E-state index in [9.17, 15) is 0 Å². The summed E-state index contributed by atoms with van der Waals surface area (Å²) in [5.74, 6) is 2.19. The quantitative estimate of drug-likeness (QED) is 0.657. The lowest BCUT2D eigenvalue weighted by Gasteiger charge is -2.26. The largest absolute Gasteiger partial charge is 0.486 e. The maximum Gasteiger partial charge on any atom is 0.188 e. The monoisotopic (exact) mass is 289 g/mol. The number of nitrogens with two attached hydrogens (primary N) is 1. The minimum absolute atomic E-state index is 0.0444. The second-order valence-electron chi connectivity index (χ2n) is 5.68. The second kappa shape index (κ2) is 6.70. The molecule has 3 rings (SSSR count). The summed E-state index contributed by atoms with van der Waals surface area (Å²) in [6, 6.07) is 8.26. The van der Waals surface area contributed by atoms with Crippen LogP contribution in [-0.2, 0) is 0 Å². The molecule has 1 saturated carbocycles. The van der Waals surface area contributed by atoms with Crippen LogP contribution in [0.4, 0.5) is 0 Å². The summed E-state index contributed by atoms with van der Waals surface area (Å²) < 4.78 is 11.6. The first kappa shape index (κ1) is 14.0. The van der Waals surface area contributed by atoms with Gasteiger partial charge in [0, 0.05) is 19.0 Å². The summed E-state index contributed by atoms with van der Waals surface area (Å²) in [7, 11) is 0. The Morgan fingerprint density at radius 2 is 2.00 bits per heavy atom. The van der Waals surface area contributed by atoms with Crippen molar-refractivity contribution in [3.05, 3.63) is 24.3 Å². The molecule has 0 radical (unpaired) electrons. The van der Waals surface area contributed by atoms with E-state index >= 15 is 0 Å². The van der Waals surface area contributed by atoms with Crippen molar-refractivity contribution in [2.45, 2.75) is 44.2 Å². The maximum absolute atomic E-state index is 5.91. The predicted octanol–water partition coefficient (Wildman–Crippen LogP) is 2.06. The molecule has 21 heavy (non-hydrogen) atoms. The molecule has 2 aliphatic rings. The van der Waals surface area contributed by atoms with E-state index in [0.717, 1.165) is 17.9 Å². The fraction of sp³-hybridized carbons (Fsp3) is 0.562. The molecule has 0 aromatic heterocycles. The van der Waals surface area contributed by atoms with Gasteiger partial charge in [-0.1, -0.05) is 25.0 Å². The van der Waals surface area contributed by atoms with Gasteiger partial charge in [0.2, 0.25) is 0 Å². The predicted molar refractivity (Wildman–Crippen MR) is 82.9 cm³/mol. The Balaban J connectivity index is 1.43. The number of nitrogens with zero attached hydrogens (tertiary/aromatic N) is 1. The fourth-order valence-electron chi connectivity index (χ4n) is 2.86. The number of ether oxygens (including phenoxy) is 2. The molecule has 5 nitrogen and oxygen atoms in total. The summed E-state index contributed by atoms with van der Waals surface area (Å²) in [5.41, 5.74) is 5.91. The Labute approximate surface area is 125 Å². The maximum atomic E-state index is 5.91. The van der Waals surface area contributed by atoms with E-state index in [-0.39, 0.29) is 6.10 Å². The van der Waals surface area contributed by atoms with E-state index in [0.29, 0.717) is 25.2 Å². The highest BCUT2D eigenvalue weighted by Gasteiger charge is 2.20. The second-order valence-corrected chi connectivity index (χ2v) is 5.68. The number of benzene rings is 1. The summed E-state index contributed by atoms with van der Waals surface area (Å²) in [4.78, 5) is 4.39. The molecule has 0 amide bonds. The van der Waals surface area contributed by atoms with Crippen LogP contribution >= 0.6 is 0 Å². The molecule has 1 unspecified atom stereocenters. The van der Waals surface area contributed by atoms with Gasteiger partial charge in [0.1, 0.15) is 12.7 Å². The summed E-state index contributed by atoms with van der Waals surface area (Å²) in [6.45, 7) is 1.23. The zero-order valence-corrected chi connectivity index (χ0v) is 12.3. The van der Waals surface area contributed by atoms with Crippen molar-refractivity contribution in [3.63, 3.8) is 0 Å². The van der Waals surface area contributed by atoms with Crippen LogP contribution in [0, 0.1) is 0 Å². The van der Waals surface area contributed by atoms with E-state index in [2.05, 4.69) is 10.3 Å². The van der Waals surface area contributed by atoms with Gasteiger partial charge in [-0.05, 0) is 25.0 Å². The number of aliphatic imine (C=N–C) groups is 1. The lowest BCUT2D eigenvalue weighted by Crippen LogP contribution is -2.39. The van der Waals surface area contributed by atoms with Crippen LogP contribution in [0.25, 0.3) is 0 Å². The highest BCUT2D eigenvalue weighted by molar-refractivity contribution is 5.78. The van der Waals surface area contributed by atoms with Crippen LogP contribution in [0.3, 0.4) is 0 Å². The van der Waals surface area contributed by atoms with Crippen LogP contribution in [0.2, 0.25) is 0 Å². The smallest absolute Gasteiger partial charge is 0.188 e. The molecule has 3 N–H and O–H groups in total. The van der Waals surface area contributed by atoms with Gasteiger partial charge in [-0.15, -0.1) is 0 Å². The van der Waals surface area contributed by atoms with E-state index < -0.39 is 0 Å². The van der Waals surface area contributed by atoms with Gasteiger partial charge in [-0.25, -0.2) is 0 Å². The van der Waals surface area contributed by atoms with Crippen molar-refractivity contribution in [2.75, 3.05) is 13.2 Å². The van der Waals surface area contributed by atoms with Gasteiger partial charge in [-0.3, -0.25) is 4.99 Å². The normalized spacial score (nSPS) is 22.3. The van der Waals surface area contributed by atoms with Crippen molar-refractivity contribution in [2.24, 2.45) is 10.7 Å². The zero-order valence-electron chi connectivity index (χ0n) is 12.3. The van der Waals surface area contributed by atoms with Crippen LogP contribution < -0.4 is 20.5 Å². The standard InChI is InChI=1S/C16H23N3O2/c17-16(19-12-5-1-2-6-12)18-10-9-13-11-20-14-7-3-4-8-15(14)21-13/h3-4,7-8,12-13H,1-2,5-6,9-11H2,(H3,17,18,19). The number of fused-ring (bicyclic) bond motifs is 1. The van der Waals surface area contributed by atoms with E-state index in [1.165, 1.54) is 25.7 Å². The van der Waals surface area contributed by atoms with E-state index in [1.54, 1.807) is 0 Å². The Morgan fingerprint density at radius 3 is 2.81 bits per heavy atom. The molecule has 1 aliphatic carbocycles. The highest BCUT2D eigenvalue weighted by Crippen LogP contribution is 2.31. The average molecular weight is 289 g/mol. The Bertz CT molecular complexity index is 498. The number of hydrogen-bond donors (Lipinski definition) is 2. The first-order valence-electron chi connectivity index (χ1n) is 7.76. The molecule has 0 bridgehead atoms. The van der Waals surface area contributed by atoms with Gasteiger partial charge in [0.05, 0.1) is 0 Å². The van der Waals surface area contributed by atoms with E-state index in [4.69, 9.17) is 15.2 Å². The lowest BCUT2D eigenvalue weighted by molar-refractivity contribution is 0.0867. The molecule has 1 aliphatic heterocycles. The molecule has 0 spiro atoms. The Kier molecular flexibility index (Phi) is 4.48. The molecule has 1 aromatic rings. The van der Waals surface area contributed by atoms with Crippen LogP contribution in [0.15, 0.2) is 29.3 Å². The SMILES string of the molecule is NC(=NCCC1COc2ccccc2O1)NC1CCCC1. The summed E-state index contributed by atoms with van der Waals surface area (Å²) in [5, 5.41) is 3.29. The van der Waals surface area contributed by atoms with Crippen molar-refractivity contribution in [1.82, 2.24) is 5.32 Å². The third kappa shape index (κ3) is 3.80. The topological polar surface area (TPSA) is 68.9 Å². The summed E-state index contributed by atoms with van der Waals surface area (Å²) >= 11 is 0. The first-order valence-corrected chi connectivity index (χ1v) is 7.76. The molecular weight excluding hydrogens is 266 g/mol. The molecule has 0 saturated heterocycles. The minimum Gasteiger partial charge on any atom is -0.486 e. The Hall–Kier alpha value is -1.91. The molecule has 1 fully saturated rings. The molecular formula is C16H23N3O2. The highest BCUT2D eigenvalue weighted by atomic mass is 16.6. The van der Waals surface area contributed by atoms with Gasteiger partial charge >= 0.3 is 0 Å². The molecule has 1 aromatic carbocycles. The van der Waals surface area contributed by atoms with Crippen LogP contribution in [0.5, 0.6) is 11.5 Å². The Morgan fingerprint density at radius 1 is 1.24 bits per heavy atom. The van der Waals surface area contributed by atoms with Gasteiger partial charge < -0.3 is 20.5 Å². The fourth-order valence-corrected chi connectivity index (χ4v) is 2.86. The van der Waals surface area contributed by atoms with Gasteiger partial charge in [0.25, 0.3) is 0 Å². The van der Waals surface area contributed by atoms with Crippen LogP contribution in [-0.4, -0.2) is 31.3 Å². The van der Waals surface area contributed by atoms with E-state index in [1.807, 2.05) is 24.3 Å². The van der Waals surface area contributed by atoms with Crippen molar-refractivity contribution >= 4 is 5.96 Å². The van der Waals surface area contributed by atoms with Crippen molar-refractivity contribution in [3.8, 4) is 11.5 Å². The first-order chi connectivity index (χ1) is 10.3. The third-order valence-electron chi connectivity index (χ3n) is 4.01. The average Bonchev–Trinajstić information content (AvgIpc) is 3.00. The van der Waals surface area contributed by atoms with Gasteiger partial charge in [0.15, 0.2) is 17.5 Å². The number of guanidine groups is 1. The van der Waals surface area contributed by atoms with Crippen molar-refractivity contribution in [1.29, 1.82) is 0 Å². The zero-order chi connectivity index (χ0) is 14.5. The molecule has 5 heteroatoms. The molecule has 1 atom stereocenters. The number of rotatable bonds is 4. The lowest BCUT2D eigenvalue weighted by atomic mass is 10.2. The van der Waals surface area contributed by atoms with Crippen molar-refractivity contribution < 1.29 is 9.47 Å². The number of para-hydroxylation sites is 2. The molecule has 114 valence electrons. The number of hydrogen-bond acceptors (Lipinski definition) is 3.